The van der Waals surface area contributed by atoms with Crippen LogP contribution in [-0.4, -0.2) is 42.8 Å². The third-order valence-electron chi connectivity index (χ3n) is 5.00. The Morgan fingerprint density at radius 3 is 2.81 bits per heavy atom. The Morgan fingerprint density at radius 1 is 1.27 bits per heavy atom. The quantitative estimate of drug-likeness (QED) is 0.864. The Hall–Kier alpha value is -2.63. The van der Waals surface area contributed by atoms with Gasteiger partial charge in [-0.25, -0.2) is 4.79 Å². The van der Waals surface area contributed by atoms with Crippen LogP contribution >= 0.6 is 0 Å². The van der Waals surface area contributed by atoms with Gasteiger partial charge in [-0.05, 0) is 55.2 Å². The summed E-state index contributed by atoms with van der Waals surface area (Å²) in [6.07, 6.45) is 4.76. The lowest BCUT2D eigenvalue weighted by Gasteiger charge is -2.25. The molecule has 3 rings (SSSR count). The number of hydrogen-bond donors (Lipinski definition) is 1. The normalized spacial score (nSPS) is 16.6. The molecule has 1 aliphatic rings. The first-order valence-corrected chi connectivity index (χ1v) is 9.00. The van der Waals surface area contributed by atoms with Crippen molar-refractivity contribution in [1.29, 1.82) is 0 Å². The smallest absolute Gasteiger partial charge is 0.317 e. The Balaban J connectivity index is 1.60. The van der Waals surface area contributed by atoms with E-state index in [1.54, 1.807) is 14.2 Å². The summed E-state index contributed by atoms with van der Waals surface area (Å²) in [5.74, 6) is 1.60. The van der Waals surface area contributed by atoms with Gasteiger partial charge in [-0.2, -0.15) is 0 Å². The number of carbonyl (C=O) groups excluding carboxylic acids is 1. The lowest BCUT2D eigenvalue weighted by Crippen LogP contribution is -2.40. The summed E-state index contributed by atoms with van der Waals surface area (Å²) in [6, 6.07) is 9.98. The molecule has 26 heavy (non-hydrogen) atoms. The van der Waals surface area contributed by atoms with Crippen LogP contribution in [0, 0.1) is 0 Å². The van der Waals surface area contributed by atoms with E-state index in [0.717, 1.165) is 36.4 Å². The molecule has 6 heteroatoms. The van der Waals surface area contributed by atoms with Crippen LogP contribution in [0.3, 0.4) is 0 Å². The second-order valence-electron chi connectivity index (χ2n) is 6.56. The molecule has 1 N–H and O–H groups in total. The van der Waals surface area contributed by atoms with Gasteiger partial charge in [0.15, 0.2) is 0 Å². The van der Waals surface area contributed by atoms with Gasteiger partial charge in [-0.15, -0.1) is 0 Å². The largest absolute Gasteiger partial charge is 0.497 e. The number of nitrogens with zero attached hydrogens (tertiary/aromatic N) is 2. The van der Waals surface area contributed by atoms with Crippen molar-refractivity contribution >= 4 is 6.03 Å². The second kappa shape index (κ2) is 8.17. The van der Waals surface area contributed by atoms with E-state index in [-0.39, 0.29) is 12.1 Å². The molecule has 0 radical (unpaired) electrons. The Bertz CT molecular complexity index is 757. The monoisotopic (exact) mass is 357 g/mol. The Morgan fingerprint density at radius 2 is 2.12 bits per heavy atom. The summed E-state index contributed by atoms with van der Waals surface area (Å²) in [5, 5.41) is 3.05. The van der Waals surface area contributed by atoms with Gasteiger partial charge in [0.2, 0.25) is 0 Å². The number of urea groups is 1. The average Bonchev–Trinajstić information content (AvgIpc) is 3.29. The molecule has 140 valence electrons. The van der Waals surface area contributed by atoms with Crippen LogP contribution in [0.5, 0.6) is 11.5 Å². The molecule has 1 atom stereocenters. The first kappa shape index (κ1) is 18.2. The standard InChI is InChI=1S/C20H27N3O3/c1-22-12-4-6-17(22)18-7-5-13-23(18)20(24)21-11-10-15-14-16(25-2)8-9-19(15)26-3/h4,6,8-9,12,14,18H,5,7,10-11,13H2,1-3H3,(H,21,24). The van der Waals surface area contributed by atoms with E-state index >= 15 is 0 Å². The minimum Gasteiger partial charge on any atom is -0.497 e. The maximum Gasteiger partial charge on any atom is 0.317 e. The predicted molar refractivity (Wildman–Crippen MR) is 101 cm³/mol. The molecule has 1 aliphatic heterocycles. The molecule has 1 fully saturated rings. The first-order chi connectivity index (χ1) is 12.6. The van der Waals surface area contributed by atoms with Crippen LogP contribution in [0.15, 0.2) is 36.5 Å². The highest BCUT2D eigenvalue weighted by atomic mass is 16.5. The van der Waals surface area contributed by atoms with Crippen molar-refractivity contribution in [3.05, 3.63) is 47.8 Å². The molecule has 0 aliphatic carbocycles. The number of carbonyl (C=O) groups is 1. The Labute approximate surface area is 154 Å². The zero-order chi connectivity index (χ0) is 18.5. The Kier molecular flexibility index (Phi) is 5.71. The van der Waals surface area contributed by atoms with E-state index in [0.29, 0.717) is 13.0 Å². The summed E-state index contributed by atoms with van der Waals surface area (Å²) >= 11 is 0. The molecule has 2 heterocycles. The van der Waals surface area contributed by atoms with E-state index < -0.39 is 0 Å². The minimum atomic E-state index is -0.00411. The summed E-state index contributed by atoms with van der Waals surface area (Å²) in [7, 11) is 5.32. The van der Waals surface area contributed by atoms with Gasteiger partial charge >= 0.3 is 6.03 Å². The minimum absolute atomic E-state index is 0.00411. The first-order valence-electron chi connectivity index (χ1n) is 9.00. The molecule has 0 bridgehead atoms. The summed E-state index contributed by atoms with van der Waals surface area (Å²) in [4.78, 5) is 14.6. The molecular formula is C20H27N3O3. The zero-order valence-corrected chi connectivity index (χ0v) is 15.7. The molecule has 0 spiro atoms. The topological polar surface area (TPSA) is 55.7 Å². The van der Waals surface area contributed by atoms with Gasteiger partial charge in [0.1, 0.15) is 11.5 Å². The van der Waals surface area contributed by atoms with Crippen LogP contribution in [-0.2, 0) is 13.5 Å². The number of amides is 2. The number of aryl methyl sites for hydroxylation is 1. The van der Waals surface area contributed by atoms with Gasteiger partial charge in [0.25, 0.3) is 0 Å². The predicted octanol–water partition coefficient (Wildman–Crippen LogP) is 3.13. The fourth-order valence-electron chi connectivity index (χ4n) is 3.62. The molecule has 0 saturated carbocycles. The van der Waals surface area contributed by atoms with Gasteiger partial charge in [-0.3, -0.25) is 0 Å². The molecule has 1 aromatic heterocycles. The third-order valence-corrected chi connectivity index (χ3v) is 5.00. The lowest BCUT2D eigenvalue weighted by molar-refractivity contribution is 0.191. The van der Waals surface area contributed by atoms with Crippen LogP contribution in [0.25, 0.3) is 0 Å². The zero-order valence-electron chi connectivity index (χ0n) is 15.7. The van der Waals surface area contributed by atoms with E-state index in [9.17, 15) is 4.79 Å². The van der Waals surface area contributed by atoms with Crippen molar-refractivity contribution in [2.75, 3.05) is 27.3 Å². The molecule has 2 aromatic rings. The number of rotatable bonds is 6. The SMILES string of the molecule is COc1ccc(OC)c(CCNC(=O)N2CCCC2c2cccn2C)c1. The summed E-state index contributed by atoms with van der Waals surface area (Å²) in [6.45, 7) is 1.35. The highest BCUT2D eigenvalue weighted by Gasteiger charge is 2.31. The number of methoxy groups -OCH3 is 2. The molecule has 1 aromatic carbocycles. The van der Waals surface area contributed by atoms with Gasteiger partial charge in [0, 0.05) is 32.0 Å². The van der Waals surface area contributed by atoms with Gasteiger partial charge < -0.3 is 24.3 Å². The fourth-order valence-corrected chi connectivity index (χ4v) is 3.62. The van der Waals surface area contributed by atoms with E-state index in [4.69, 9.17) is 9.47 Å². The number of nitrogens with one attached hydrogen (secondary N) is 1. The second-order valence-corrected chi connectivity index (χ2v) is 6.56. The van der Waals surface area contributed by atoms with Crippen molar-refractivity contribution in [3.63, 3.8) is 0 Å². The van der Waals surface area contributed by atoms with Crippen molar-refractivity contribution in [2.24, 2.45) is 7.05 Å². The lowest BCUT2D eigenvalue weighted by atomic mass is 10.1. The van der Waals surface area contributed by atoms with Gasteiger partial charge in [0.05, 0.1) is 20.3 Å². The van der Waals surface area contributed by atoms with Crippen molar-refractivity contribution < 1.29 is 14.3 Å². The van der Waals surface area contributed by atoms with Crippen LogP contribution in [0.4, 0.5) is 4.79 Å². The molecule has 6 nitrogen and oxygen atoms in total. The number of ether oxygens (including phenoxy) is 2. The number of hydrogen-bond acceptors (Lipinski definition) is 3. The average molecular weight is 357 g/mol. The molecule has 1 saturated heterocycles. The number of benzene rings is 1. The van der Waals surface area contributed by atoms with Crippen molar-refractivity contribution in [2.45, 2.75) is 25.3 Å². The number of likely N-dealkylation sites (tertiary alicyclic amines) is 1. The highest BCUT2D eigenvalue weighted by Crippen LogP contribution is 2.31. The summed E-state index contributed by atoms with van der Waals surface area (Å²) in [5.41, 5.74) is 2.21. The summed E-state index contributed by atoms with van der Waals surface area (Å²) < 4.78 is 12.8. The van der Waals surface area contributed by atoms with Crippen molar-refractivity contribution in [3.8, 4) is 11.5 Å². The highest BCUT2D eigenvalue weighted by molar-refractivity contribution is 5.75. The van der Waals surface area contributed by atoms with E-state index in [2.05, 4.69) is 16.0 Å². The van der Waals surface area contributed by atoms with Crippen LogP contribution < -0.4 is 14.8 Å². The van der Waals surface area contributed by atoms with Crippen molar-refractivity contribution in [1.82, 2.24) is 14.8 Å². The van der Waals surface area contributed by atoms with Crippen LogP contribution in [0.2, 0.25) is 0 Å². The van der Waals surface area contributed by atoms with E-state index in [1.165, 1.54) is 5.69 Å². The molecule has 1 unspecified atom stereocenters. The maximum absolute atomic E-state index is 12.7. The third kappa shape index (κ3) is 3.79. The number of aromatic nitrogens is 1. The van der Waals surface area contributed by atoms with Gasteiger partial charge in [-0.1, -0.05) is 0 Å². The fraction of sp³-hybridized carbons (Fsp3) is 0.450. The van der Waals surface area contributed by atoms with E-state index in [1.807, 2.05) is 42.4 Å². The van der Waals surface area contributed by atoms with Crippen LogP contribution in [0.1, 0.15) is 30.1 Å². The molecule has 2 amide bonds. The molecular weight excluding hydrogens is 330 g/mol. The maximum atomic E-state index is 12.7.